The Kier molecular flexibility index (Phi) is 10.9. The van der Waals surface area contributed by atoms with E-state index in [0.29, 0.717) is 21.3 Å². The topological polar surface area (TPSA) is 110 Å². The summed E-state index contributed by atoms with van der Waals surface area (Å²) in [5.74, 6) is 0.0624. The first-order valence-electron chi connectivity index (χ1n) is 16.8. The van der Waals surface area contributed by atoms with Crippen LogP contribution in [0.1, 0.15) is 49.7 Å². The number of methoxy groups -OCH3 is 1. The smallest absolute Gasteiger partial charge is 0.481 e. The average Bonchev–Trinajstić information content (AvgIpc) is 3.71. The Hall–Kier alpha value is -3.79. The number of pyridine rings is 2. The van der Waals surface area contributed by atoms with Crippen LogP contribution in [0.4, 0.5) is 0 Å². The van der Waals surface area contributed by atoms with Gasteiger partial charge in [-0.05, 0) is 74.7 Å². The molecule has 2 bridgehead atoms. The second-order valence-electron chi connectivity index (χ2n) is 13.7. The minimum absolute atomic E-state index is 0. The van der Waals surface area contributed by atoms with Crippen molar-refractivity contribution in [3.8, 4) is 28.3 Å². The van der Waals surface area contributed by atoms with E-state index in [1.807, 2.05) is 30.3 Å². The van der Waals surface area contributed by atoms with Crippen molar-refractivity contribution in [2.45, 2.75) is 51.5 Å². The summed E-state index contributed by atoms with van der Waals surface area (Å²) in [7, 11) is 3.27. The zero-order valence-corrected chi connectivity index (χ0v) is 31.1. The number of aliphatic carboxylic acids is 1. The first kappa shape index (κ1) is 37.0. The molecule has 3 aromatic heterocycles. The van der Waals surface area contributed by atoms with Crippen molar-refractivity contribution >= 4 is 39.9 Å². The summed E-state index contributed by atoms with van der Waals surface area (Å²) in [6.45, 7) is 2.75. The number of aryl methyl sites for hydroxylation is 1. The van der Waals surface area contributed by atoms with E-state index in [9.17, 15) is 14.7 Å². The Bertz CT molecular complexity index is 2150. The molecule has 1 N–H and O–H groups in total. The molecular formula is C39H37Cl2MnN5O4. The minimum Gasteiger partial charge on any atom is -0.481 e. The van der Waals surface area contributed by atoms with Crippen molar-refractivity contribution in [3.05, 3.63) is 105 Å². The Morgan fingerprint density at radius 1 is 1.08 bits per heavy atom. The maximum Gasteiger partial charge on any atom is 2.00 e. The van der Waals surface area contributed by atoms with Gasteiger partial charge in [-0.1, -0.05) is 57.4 Å². The molecule has 51 heavy (non-hydrogen) atoms. The van der Waals surface area contributed by atoms with Gasteiger partial charge in [0.25, 0.3) is 0 Å². The molecule has 2 saturated carbocycles. The molecule has 3 aliphatic rings. The molecule has 2 fully saturated rings. The molecule has 4 heterocycles. The van der Waals surface area contributed by atoms with Crippen molar-refractivity contribution in [1.82, 2.24) is 24.6 Å². The third-order valence-electron chi connectivity index (χ3n) is 10.9. The maximum absolute atomic E-state index is 11.9. The summed E-state index contributed by atoms with van der Waals surface area (Å²) in [6.07, 6.45) is 12.4. The van der Waals surface area contributed by atoms with Crippen molar-refractivity contribution < 1.29 is 31.7 Å². The Labute approximate surface area is 317 Å². The SMILES string of the molecule is COc1nc(-c2cccc(-c3ccc[c-]c3Cl)c2Cl)cc2c1CCN(CCC13CCC(C(=O)O)(CC1)C3)C2.Cn1ncc2ccn[c-]c2c1=O.[Mn+2]. The monoisotopic (exact) mass is 764 g/mol. The molecule has 8 rings (SSSR count). The molecule has 9 nitrogen and oxygen atoms in total. The van der Waals surface area contributed by atoms with Crippen molar-refractivity contribution in [1.29, 1.82) is 0 Å². The van der Waals surface area contributed by atoms with E-state index in [2.05, 4.69) is 33.3 Å². The number of carbonyl (C=O) groups is 1. The Morgan fingerprint density at radius 2 is 1.84 bits per heavy atom. The fourth-order valence-electron chi connectivity index (χ4n) is 8.02. The Morgan fingerprint density at radius 3 is 2.57 bits per heavy atom. The van der Waals surface area contributed by atoms with Crippen molar-refractivity contribution in [2.75, 3.05) is 20.2 Å². The molecule has 2 aromatic carbocycles. The quantitative estimate of drug-likeness (QED) is 0.135. The van der Waals surface area contributed by atoms with E-state index >= 15 is 0 Å². The average molecular weight is 766 g/mol. The first-order chi connectivity index (χ1) is 24.1. The van der Waals surface area contributed by atoms with Gasteiger partial charge in [0.1, 0.15) is 0 Å². The van der Waals surface area contributed by atoms with Gasteiger partial charge in [-0.3, -0.25) is 14.4 Å². The van der Waals surface area contributed by atoms with E-state index < -0.39 is 11.4 Å². The minimum atomic E-state index is -0.591. The molecule has 0 saturated heterocycles. The molecule has 1 aliphatic heterocycles. The summed E-state index contributed by atoms with van der Waals surface area (Å²) in [5.41, 5.74) is 5.23. The molecule has 0 unspecified atom stereocenters. The third kappa shape index (κ3) is 7.17. The molecule has 0 amide bonds. The van der Waals surface area contributed by atoms with E-state index in [-0.39, 0.29) is 28.0 Å². The van der Waals surface area contributed by atoms with E-state index in [1.165, 1.54) is 10.2 Å². The standard InChI is InChI=1S/C31H31Cl2N2O3.C8H6N3O.Mn/c1-38-28-21-9-15-35(16-14-30-10-12-31(19-30,13-11-30)29(36)37)18-20(21)17-26(34-28)24-7-4-6-23(27(24)33)22-5-2-3-8-25(22)32;1-11-8(12)7-5-9-3-2-6(7)4-10-11;/h2-7,17H,9-16,18-19H2,1H3,(H,36,37);2-4H,1H3;/q2*-1;+2. The number of carboxylic acid groups (broad SMARTS) is 1. The number of aromatic nitrogens is 4. The van der Waals surface area contributed by atoms with Gasteiger partial charge in [0.2, 0.25) is 5.88 Å². The molecular weight excluding hydrogens is 728 g/mol. The zero-order valence-electron chi connectivity index (χ0n) is 28.4. The summed E-state index contributed by atoms with van der Waals surface area (Å²) >= 11 is 13.4. The number of fused-ring (bicyclic) bond motifs is 4. The molecule has 0 spiro atoms. The van der Waals surface area contributed by atoms with Crippen LogP contribution in [0, 0.1) is 23.1 Å². The predicted octanol–water partition coefficient (Wildman–Crippen LogP) is 7.44. The molecule has 0 atom stereocenters. The number of halogens is 2. The van der Waals surface area contributed by atoms with Crippen LogP contribution in [0.25, 0.3) is 33.2 Å². The molecule has 1 radical (unpaired) electrons. The predicted molar refractivity (Wildman–Crippen MR) is 193 cm³/mol. The zero-order chi connectivity index (χ0) is 35.0. The van der Waals surface area contributed by atoms with Crippen LogP contribution in [-0.2, 0) is 41.9 Å². The number of benzene rings is 2. The fraction of sp³-hybridized carbons (Fsp3) is 0.359. The van der Waals surface area contributed by atoms with Gasteiger partial charge in [-0.15, -0.1) is 23.2 Å². The van der Waals surface area contributed by atoms with Crippen molar-refractivity contribution in [2.24, 2.45) is 17.9 Å². The van der Waals surface area contributed by atoms with Gasteiger partial charge >= 0.3 is 23.0 Å². The van der Waals surface area contributed by atoms with Gasteiger partial charge in [0.15, 0.2) is 5.56 Å². The van der Waals surface area contributed by atoms with Gasteiger partial charge in [-0.2, -0.15) is 29.4 Å². The second-order valence-corrected chi connectivity index (χ2v) is 14.5. The van der Waals surface area contributed by atoms with Crippen LogP contribution in [0.2, 0.25) is 10.0 Å². The number of nitrogens with zero attached hydrogens (tertiary/aromatic N) is 5. The van der Waals surface area contributed by atoms with Gasteiger partial charge in [-0.25, -0.2) is 4.98 Å². The molecule has 2 aliphatic carbocycles. The Balaban J connectivity index is 0.000000291. The largest absolute Gasteiger partial charge is 2.00 e. The normalized spacial score (nSPS) is 20.6. The first-order valence-corrected chi connectivity index (χ1v) is 17.5. The van der Waals surface area contributed by atoms with Gasteiger partial charge in [0.05, 0.1) is 18.2 Å². The van der Waals surface area contributed by atoms with Crippen LogP contribution in [0.5, 0.6) is 5.88 Å². The summed E-state index contributed by atoms with van der Waals surface area (Å²) < 4.78 is 7.01. The summed E-state index contributed by atoms with van der Waals surface area (Å²) in [4.78, 5) is 34.3. The van der Waals surface area contributed by atoms with E-state index in [4.69, 9.17) is 32.9 Å². The van der Waals surface area contributed by atoms with E-state index in [1.54, 1.807) is 38.7 Å². The van der Waals surface area contributed by atoms with E-state index in [0.717, 1.165) is 97.9 Å². The molecule has 12 heteroatoms. The van der Waals surface area contributed by atoms with Gasteiger partial charge in [0, 0.05) is 42.5 Å². The van der Waals surface area contributed by atoms with Gasteiger partial charge < -0.3 is 19.6 Å². The number of hydrogen-bond acceptors (Lipinski definition) is 7. The van der Waals surface area contributed by atoms with Crippen LogP contribution in [0.3, 0.4) is 0 Å². The number of hydrogen-bond donors (Lipinski definition) is 1. The van der Waals surface area contributed by atoms with Crippen molar-refractivity contribution in [3.63, 3.8) is 0 Å². The maximum atomic E-state index is 11.9. The number of ether oxygens (including phenoxy) is 1. The van der Waals surface area contributed by atoms with Crippen LogP contribution < -0.4 is 10.3 Å². The number of rotatable bonds is 7. The van der Waals surface area contributed by atoms with Crippen LogP contribution in [-0.4, -0.2) is 55.9 Å². The summed E-state index contributed by atoms with van der Waals surface area (Å²) in [6, 6.07) is 18.5. The molecule has 5 aromatic rings. The second kappa shape index (κ2) is 15.1. The number of carboxylic acids is 1. The fourth-order valence-corrected chi connectivity index (χ4v) is 8.57. The third-order valence-corrected chi connectivity index (χ3v) is 11.6. The van der Waals surface area contributed by atoms with Crippen LogP contribution >= 0.6 is 23.2 Å². The van der Waals surface area contributed by atoms with Crippen LogP contribution in [0.15, 0.2) is 65.7 Å². The summed E-state index contributed by atoms with van der Waals surface area (Å²) in [5, 5.41) is 16.0. The molecule has 263 valence electrons.